The number of hydrogen-bond donors (Lipinski definition) is 2. The van der Waals surface area contributed by atoms with Gasteiger partial charge >= 0.3 is 5.97 Å². The van der Waals surface area contributed by atoms with Crippen LogP contribution in [0.1, 0.15) is 51.9 Å². The molecular weight excluding hydrogens is 242 g/mol. The highest BCUT2D eigenvalue weighted by atomic mass is 16.4. The number of nitrogens with one attached hydrogen (secondary N) is 1. The average Bonchev–Trinajstić information content (AvgIpc) is 3.01. The van der Waals surface area contributed by atoms with Gasteiger partial charge in [0.2, 0.25) is 5.91 Å². The van der Waals surface area contributed by atoms with Gasteiger partial charge in [0.15, 0.2) is 0 Å². The fourth-order valence-electron chi connectivity index (χ4n) is 4.20. The van der Waals surface area contributed by atoms with Gasteiger partial charge in [-0.2, -0.15) is 0 Å². The van der Waals surface area contributed by atoms with Gasteiger partial charge in [0.1, 0.15) is 5.54 Å². The molecule has 0 aromatic carbocycles. The standard InChI is InChI=1S/C15H23NO3/c1-15(14(18)19,12-4-5-12)16-13(17)8-11-7-9-2-3-10(11)6-9/h9-12H,2-8H2,1H3,(H,16,17)(H,18,19). The zero-order valence-corrected chi connectivity index (χ0v) is 11.5. The lowest BCUT2D eigenvalue weighted by atomic mass is 9.85. The molecule has 1 amide bonds. The molecular formula is C15H23NO3. The molecule has 0 saturated heterocycles. The fraction of sp³-hybridized carbons (Fsp3) is 0.867. The van der Waals surface area contributed by atoms with Gasteiger partial charge in [-0.05, 0) is 62.7 Å². The van der Waals surface area contributed by atoms with E-state index >= 15 is 0 Å². The van der Waals surface area contributed by atoms with E-state index in [1.807, 2.05) is 0 Å². The molecule has 3 fully saturated rings. The van der Waals surface area contributed by atoms with Gasteiger partial charge in [0.25, 0.3) is 0 Å². The highest BCUT2D eigenvalue weighted by Crippen LogP contribution is 2.49. The van der Waals surface area contributed by atoms with E-state index in [0.29, 0.717) is 18.3 Å². The minimum Gasteiger partial charge on any atom is -0.480 e. The van der Waals surface area contributed by atoms with Crippen LogP contribution in [0.25, 0.3) is 0 Å². The molecule has 2 bridgehead atoms. The number of hydrogen-bond acceptors (Lipinski definition) is 2. The molecule has 4 nitrogen and oxygen atoms in total. The second-order valence-corrected chi connectivity index (χ2v) is 6.97. The first-order chi connectivity index (χ1) is 8.99. The van der Waals surface area contributed by atoms with Crippen molar-refractivity contribution in [1.82, 2.24) is 5.32 Å². The Balaban J connectivity index is 1.57. The molecule has 3 saturated carbocycles. The van der Waals surface area contributed by atoms with E-state index in [4.69, 9.17) is 0 Å². The number of carboxylic acids is 1. The number of carbonyl (C=O) groups is 2. The third-order valence-corrected chi connectivity index (χ3v) is 5.57. The summed E-state index contributed by atoms with van der Waals surface area (Å²) >= 11 is 0. The zero-order chi connectivity index (χ0) is 13.6. The van der Waals surface area contributed by atoms with Crippen LogP contribution in [-0.2, 0) is 9.59 Å². The topological polar surface area (TPSA) is 66.4 Å². The first kappa shape index (κ1) is 12.9. The van der Waals surface area contributed by atoms with Crippen LogP contribution in [-0.4, -0.2) is 22.5 Å². The van der Waals surface area contributed by atoms with Crippen molar-refractivity contribution in [2.24, 2.45) is 23.7 Å². The fourth-order valence-corrected chi connectivity index (χ4v) is 4.20. The first-order valence-electron chi connectivity index (χ1n) is 7.53. The van der Waals surface area contributed by atoms with Crippen molar-refractivity contribution in [3.63, 3.8) is 0 Å². The Morgan fingerprint density at radius 1 is 1.21 bits per heavy atom. The Morgan fingerprint density at radius 2 is 1.95 bits per heavy atom. The SMILES string of the molecule is CC(NC(=O)CC1CC2CCC1C2)(C(=O)O)C1CC1. The van der Waals surface area contributed by atoms with E-state index in [9.17, 15) is 14.7 Å². The third kappa shape index (κ3) is 2.37. The zero-order valence-electron chi connectivity index (χ0n) is 11.5. The van der Waals surface area contributed by atoms with Crippen LogP contribution in [0.5, 0.6) is 0 Å². The van der Waals surface area contributed by atoms with Gasteiger partial charge in [-0.15, -0.1) is 0 Å². The van der Waals surface area contributed by atoms with Gasteiger partial charge in [0.05, 0.1) is 0 Å². The largest absolute Gasteiger partial charge is 0.480 e. The van der Waals surface area contributed by atoms with Crippen molar-refractivity contribution in [1.29, 1.82) is 0 Å². The molecule has 3 rings (SSSR count). The third-order valence-electron chi connectivity index (χ3n) is 5.57. The molecule has 0 spiro atoms. The van der Waals surface area contributed by atoms with Crippen LogP contribution in [0.3, 0.4) is 0 Å². The normalized spacial score (nSPS) is 35.9. The molecule has 4 atom stereocenters. The van der Waals surface area contributed by atoms with Gasteiger partial charge in [-0.1, -0.05) is 6.42 Å². The number of rotatable bonds is 5. The molecule has 0 aromatic heterocycles. The molecule has 0 radical (unpaired) electrons. The Bertz CT molecular complexity index is 404. The number of carbonyl (C=O) groups excluding carboxylic acids is 1. The van der Waals surface area contributed by atoms with Crippen molar-refractivity contribution < 1.29 is 14.7 Å². The quantitative estimate of drug-likeness (QED) is 0.800. The molecule has 19 heavy (non-hydrogen) atoms. The van der Waals surface area contributed by atoms with Gasteiger partial charge in [0, 0.05) is 6.42 Å². The lowest BCUT2D eigenvalue weighted by Gasteiger charge is -2.28. The van der Waals surface area contributed by atoms with Crippen LogP contribution in [0.15, 0.2) is 0 Å². The number of carboxylic acid groups (broad SMARTS) is 1. The molecule has 2 N–H and O–H groups in total. The first-order valence-corrected chi connectivity index (χ1v) is 7.53. The summed E-state index contributed by atoms with van der Waals surface area (Å²) < 4.78 is 0. The minimum absolute atomic E-state index is 0.0608. The number of aliphatic carboxylic acids is 1. The molecule has 4 unspecified atom stereocenters. The Hall–Kier alpha value is -1.06. The second-order valence-electron chi connectivity index (χ2n) is 6.97. The summed E-state index contributed by atoms with van der Waals surface area (Å²) in [6.45, 7) is 1.66. The summed E-state index contributed by atoms with van der Waals surface area (Å²) in [4.78, 5) is 23.5. The van der Waals surface area contributed by atoms with E-state index in [-0.39, 0.29) is 11.8 Å². The lowest BCUT2D eigenvalue weighted by Crippen LogP contribution is -2.54. The molecule has 3 aliphatic rings. The molecule has 106 valence electrons. The van der Waals surface area contributed by atoms with Gasteiger partial charge < -0.3 is 10.4 Å². The van der Waals surface area contributed by atoms with Crippen LogP contribution in [0, 0.1) is 23.7 Å². The predicted molar refractivity (Wildman–Crippen MR) is 70.5 cm³/mol. The summed E-state index contributed by atoms with van der Waals surface area (Å²) in [6, 6.07) is 0. The van der Waals surface area contributed by atoms with Crippen molar-refractivity contribution in [2.45, 2.75) is 57.4 Å². The van der Waals surface area contributed by atoms with E-state index in [2.05, 4.69) is 5.32 Å². The van der Waals surface area contributed by atoms with Crippen molar-refractivity contribution in [3.05, 3.63) is 0 Å². The second kappa shape index (κ2) is 4.50. The highest BCUT2D eigenvalue weighted by molar-refractivity contribution is 5.87. The Labute approximate surface area is 113 Å². The molecule has 0 aromatic rings. The lowest BCUT2D eigenvalue weighted by molar-refractivity contribution is -0.148. The monoisotopic (exact) mass is 265 g/mol. The van der Waals surface area contributed by atoms with Gasteiger partial charge in [-0.25, -0.2) is 4.79 Å². The molecule has 0 aliphatic heterocycles. The summed E-state index contributed by atoms with van der Waals surface area (Å²) in [7, 11) is 0. The van der Waals surface area contributed by atoms with Crippen LogP contribution in [0.4, 0.5) is 0 Å². The van der Waals surface area contributed by atoms with E-state index < -0.39 is 11.5 Å². The summed E-state index contributed by atoms with van der Waals surface area (Å²) in [6.07, 6.45) is 7.41. The van der Waals surface area contributed by atoms with E-state index in [1.165, 1.54) is 25.7 Å². The molecule has 3 aliphatic carbocycles. The van der Waals surface area contributed by atoms with Crippen molar-refractivity contribution in [2.75, 3.05) is 0 Å². The summed E-state index contributed by atoms with van der Waals surface area (Å²) in [5, 5.41) is 12.1. The van der Waals surface area contributed by atoms with Crippen LogP contribution >= 0.6 is 0 Å². The van der Waals surface area contributed by atoms with Gasteiger partial charge in [-0.3, -0.25) is 4.79 Å². The minimum atomic E-state index is -1.05. The molecule has 4 heteroatoms. The average molecular weight is 265 g/mol. The summed E-state index contributed by atoms with van der Waals surface area (Å²) in [5.41, 5.74) is -1.05. The molecule has 0 heterocycles. The van der Waals surface area contributed by atoms with Crippen LogP contribution < -0.4 is 5.32 Å². The number of fused-ring (bicyclic) bond motifs is 2. The summed E-state index contributed by atoms with van der Waals surface area (Å²) in [5.74, 6) is 1.21. The van der Waals surface area contributed by atoms with Crippen molar-refractivity contribution >= 4 is 11.9 Å². The van der Waals surface area contributed by atoms with E-state index in [0.717, 1.165) is 18.8 Å². The maximum absolute atomic E-state index is 12.2. The van der Waals surface area contributed by atoms with E-state index in [1.54, 1.807) is 6.92 Å². The number of amides is 1. The Kier molecular flexibility index (Phi) is 3.06. The smallest absolute Gasteiger partial charge is 0.329 e. The maximum Gasteiger partial charge on any atom is 0.329 e. The predicted octanol–water partition coefficient (Wildman–Crippen LogP) is 2.18. The highest BCUT2D eigenvalue weighted by Gasteiger charge is 2.49. The maximum atomic E-state index is 12.2. The van der Waals surface area contributed by atoms with Crippen LogP contribution in [0.2, 0.25) is 0 Å². The Morgan fingerprint density at radius 3 is 2.42 bits per heavy atom. The van der Waals surface area contributed by atoms with Crippen molar-refractivity contribution in [3.8, 4) is 0 Å².